The van der Waals surface area contributed by atoms with E-state index in [0.717, 1.165) is 25.9 Å². The van der Waals surface area contributed by atoms with E-state index in [9.17, 15) is 4.79 Å². The molecule has 0 radical (unpaired) electrons. The van der Waals surface area contributed by atoms with Crippen LogP contribution in [0.4, 0.5) is 0 Å². The van der Waals surface area contributed by atoms with Crippen molar-refractivity contribution in [3.8, 4) is 0 Å². The summed E-state index contributed by atoms with van der Waals surface area (Å²) in [5.74, 6) is 0.326. The first kappa shape index (κ1) is 14.3. The molecular weight excluding hydrogens is 170 g/mol. The summed E-state index contributed by atoms with van der Waals surface area (Å²) in [6, 6.07) is 0. The van der Waals surface area contributed by atoms with Gasteiger partial charge in [-0.2, -0.15) is 12.6 Å². The molecule has 1 fully saturated rings. The molecule has 1 aliphatic heterocycles. The number of likely N-dealkylation sites (tertiary alicyclic amines) is 1. The molecule has 1 amide bonds. The second-order valence-corrected chi connectivity index (χ2v) is 2.08. The number of thiol groups is 1. The molecule has 12 heavy (non-hydrogen) atoms. The van der Waals surface area contributed by atoms with Crippen molar-refractivity contribution in [3.63, 3.8) is 0 Å². The molecule has 0 atom stereocenters. The fourth-order valence-electron chi connectivity index (χ4n) is 1.04. The van der Waals surface area contributed by atoms with Gasteiger partial charge in [0.15, 0.2) is 0 Å². The third-order valence-corrected chi connectivity index (χ3v) is 1.55. The molecule has 0 unspecified atom stereocenters. The first-order chi connectivity index (χ1) is 5.84. The monoisotopic (exact) mass is 191 g/mol. The lowest BCUT2D eigenvalue weighted by molar-refractivity contribution is -0.127. The van der Waals surface area contributed by atoms with Gasteiger partial charge in [0.2, 0.25) is 5.91 Å². The Morgan fingerprint density at radius 1 is 1.42 bits per heavy atom. The van der Waals surface area contributed by atoms with Gasteiger partial charge in [0.25, 0.3) is 0 Å². The van der Waals surface area contributed by atoms with Crippen LogP contribution in [0.2, 0.25) is 0 Å². The molecule has 1 aliphatic rings. The maximum absolute atomic E-state index is 10.7. The topological polar surface area (TPSA) is 20.3 Å². The van der Waals surface area contributed by atoms with Crippen molar-refractivity contribution in [2.75, 3.05) is 19.3 Å². The van der Waals surface area contributed by atoms with Crippen LogP contribution in [-0.4, -0.2) is 30.2 Å². The molecule has 74 valence electrons. The standard InChI is InChI=1S/C6H11NO.C2H6.CH4S/c1-2-7-5-3-4-6(7)8;2*1-2/h2-5H2,1H3;1-2H3;2H,1H3. The fraction of sp³-hybridized carbons (Fsp3) is 0.889. The van der Waals surface area contributed by atoms with Gasteiger partial charge >= 0.3 is 0 Å². The van der Waals surface area contributed by atoms with E-state index < -0.39 is 0 Å². The second kappa shape index (κ2) is 10.8. The number of carbonyl (C=O) groups excluding carboxylic acids is 1. The Hall–Kier alpha value is -0.180. The van der Waals surface area contributed by atoms with Crippen molar-refractivity contribution in [2.24, 2.45) is 0 Å². The molecule has 0 saturated carbocycles. The van der Waals surface area contributed by atoms with Crippen LogP contribution in [0, 0.1) is 0 Å². The number of carbonyl (C=O) groups is 1. The Balaban J connectivity index is 0. The Kier molecular flexibility index (Phi) is 12.9. The van der Waals surface area contributed by atoms with Gasteiger partial charge in [-0.25, -0.2) is 0 Å². The summed E-state index contributed by atoms with van der Waals surface area (Å²) in [4.78, 5) is 12.6. The van der Waals surface area contributed by atoms with Crippen molar-refractivity contribution in [1.29, 1.82) is 0 Å². The van der Waals surface area contributed by atoms with Gasteiger partial charge in [0.1, 0.15) is 0 Å². The van der Waals surface area contributed by atoms with Crippen LogP contribution in [0.5, 0.6) is 0 Å². The number of amides is 1. The van der Waals surface area contributed by atoms with Crippen molar-refractivity contribution in [2.45, 2.75) is 33.6 Å². The predicted octanol–water partition coefficient (Wildman–Crippen LogP) is 2.20. The van der Waals surface area contributed by atoms with Crippen LogP contribution < -0.4 is 0 Å². The lowest BCUT2D eigenvalue weighted by atomic mass is 10.4. The Morgan fingerprint density at radius 3 is 2.08 bits per heavy atom. The minimum Gasteiger partial charge on any atom is -0.343 e. The molecule has 0 N–H and O–H groups in total. The maximum atomic E-state index is 10.7. The molecule has 2 nitrogen and oxygen atoms in total. The van der Waals surface area contributed by atoms with E-state index in [1.165, 1.54) is 0 Å². The van der Waals surface area contributed by atoms with E-state index in [-0.39, 0.29) is 0 Å². The molecule has 1 rings (SSSR count). The van der Waals surface area contributed by atoms with Gasteiger partial charge in [0.05, 0.1) is 0 Å². The van der Waals surface area contributed by atoms with E-state index in [1.807, 2.05) is 25.7 Å². The van der Waals surface area contributed by atoms with Crippen LogP contribution >= 0.6 is 12.6 Å². The predicted molar refractivity (Wildman–Crippen MR) is 57.7 cm³/mol. The molecule has 0 bridgehead atoms. The summed E-state index contributed by atoms with van der Waals surface area (Å²) in [6.45, 7) is 7.89. The van der Waals surface area contributed by atoms with Gasteiger partial charge in [-0.05, 0) is 19.6 Å². The highest BCUT2D eigenvalue weighted by atomic mass is 32.1. The van der Waals surface area contributed by atoms with E-state index in [2.05, 4.69) is 12.6 Å². The van der Waals surface area contributed by atoms with Crippen LogP contribution in [0.25, 0.3) is 0 Å². The van der Waals surface area contributed by atoms with Crippen LogP contribution in [0.3, 0.4) is 0 Å². The van der Waals surface area contributed by atoms with Gasteiger partial charge < -0.3 is 4.90 Å². The minimum atomic E-state index is 0.326. The van der Waals surface area contributed by atoms with Crippen LogP contribution in [0.15, 0.2) is 0 Å². The van der Waals surface area contributed by atoms with Gasteiger partial charge in [-0.1, -0.05) is 13.8 Å². The van der Waals surface area contributed by atoms with Crippen molar-refractivity contribution < 1.29 is 4.79 Å². The molecule has 0 aliphatic carbocycles. The van der Waals surface area contributed by atoms with Gasteiger partial charge in [-0.3, -0.25) is 4.79 Å². The average Bonchev–Trinajstić information content (AvgIpc) is 2.58. The van der Waals surface area contributed by atoms with Gasteiger partial charge in [-0.15, -0.1) is 0 Å². The zero-order chi connectivity index (χ0) is 9.98. The van der Waals surface area contributed by atoms with Gasteiger partial charge in [0, 0.05) is 19.5 Å². The lowest BCUT2D eigenvalue weighted by Gasteiger charge is -2.10. The van der Waals surface area contributed by atoms with Crippen molar-refractivity contribution >= 4 is 18.5 Å². The normalized spacial score (nSPS) is 14.4. The van der Waals surface area contributed by atoms with Crippen molar-refractivity contribution in [3.05, 3.63) is 0 Å². The Bertz CT molecular complexity index is 107. The first-order valence-corrected chi connectivity index (χ1v) is 5.46. The molecule has 1 heterocycles. The largest absolute Gasteiger partial charge is 0.343 e. The van der Waals surface area contributed by atoms with E-state index >= 15 is 0 Å². The molecule has 0 aromatic carbocycles. The fourth-order valence-corrected chi connectivity index (χ4v) is 1.04. The smallest absolute Gasteiger partial charge is 0.222 e. The van der Waals surface area contributed by atoms with E-state index in [0.29, 0.717) is 5.91 Å². The molecule has 0 spiro atoms. The highest BCUT2D eigenvalue weighted by molar-refractivity contribution is 7.79. The van der Waals surface area contributed by atoms with E-state index in [4.69, 9.17) is 0 Å². The summed E-state index contributed by atoms with van der Waals surface area (Å²) < 4.78 is 0. The number of rotatable bonds is 1. The summed E-state index contributed by atoms with van der Waals surface area (Å²) in [5.41, 5.74) is 0. The molecular formula is C9H21NOS. The van der Waals surface area contributed by atoms with Crippen LogP contribution in [0.1, 0.15) is 33.6 Å². The zero-order valence-electron chi connectivity index (χ0n) is 8.63. The average molecular weight is 191 g/mol. The summed E-state index contributed by atoms with van der Waals surface area (Å²) >= 11 is 3.53. The quantitative estimate of drug-likeness (QED) is 0.630. The minimum absolute atomic E-state index is 0.326. The summed E-state index contributed by atoms with van der Waals surface area (Å²) in [5, 5.41) is 0. The van der Waals surface area contributed by atoms with E-state index in [1.54, 1.807) is 6.26 Å². The SMILES string of the molecule is CC.CCN1CCCC1=O.CS. The molecule has 1 saturated heterocycles. The first-order valence-electron chi connectivity index (χ1n) is 4.57. The Morgan fingerprint density at radius 2 is 1.92 bits per heavy atom. The maximum Gasteiger partial charge on any atom is 0.222 e. The molecule has 3 heteroatoms. The Labute approximate surface area is 81.7 Å². The number of nitrogens with zero attached hydrogens (tertiary/aromatic N) is 1. The molecule has 0 aromatic heterocycles. The number of hydrogen-bond donors (Lipinski definition) is 1. The number of hydrogen-bond acceptors (Lipinski definition) is 2. The summed E-state index contributed by atoms with van der Waals surface area (Å²) in [6.07, 6.45) is 3.53. The van der Waals surface area contributed by atoms with Crippen molar-refractivity contribution in [1.82, 2.24) is 4.90 Å². The third kappa shape index (κ3) is 5.47. The highest BCUT2D eigenvalue weighted by Gasteiger charge is 2.16. The molecule has 0 aromatic rings. The second-order valence-electron chi connectivity index (χ2n) is 2.08. The third-order valence-electron chi connectivity index (χ3n) is 1.55. The highest BCUT2D eigenvalue weighted by Crippen LogP contribution is 2.07. The lowest BCUT2D eigenvalue weighted by Crippen LogP contribution is -2.23. The van der Waals surface area contributed by atoms with Crippen LogP contribution in [-0.2, 0) is 4.79 Å². The zero-order valence-corrected chi connectivity index (χ0v) is 9.53. The summed E-state index contributed by atoms with van der Waals surface area (Å²) in [7, 11) is 0.